The van der Waals surface area contributed by atoms with Crippen LogP contribution in [-0.2, 0) is 40.1 Å². The maximum atomic E-state index is 16.0. The summed E-state index contributed by atoms with van der Waals surface area (Å²) in [5.41, 5.74) is 2.10. The number of carbonyl (C=O) groups excluding carboxylic acids is 1. The highest BCUT2D eigenvalue weighted by Gasteiger charge is 2.41. The molecule has 17 heteroatoms. The van der Waals surface area contributed by atoms with Crippen LogP contribution in [0.25, 0.3) is 55.4 Å². The average molecular weight is 726 g/mol. The zero-order chi connectivity index (χ0) is 36.1. The molecule has 15 nitrogen and oxygen atoms in total. The third-order valence-corrected chi connectivity index (χ3v) is 11.9. The Morgan fingerprint density at radius 2 is 1.88 bits per heavy atom. The van der Waals surface area contributed by atoms with Crippen molar-refractivity contribution in [3.05, 3.63) is 83.6 Å². The van der Waals surface area contributed by atoms with Crippen molar-refractivity contribution in [1.29, 1.82) is 0 Å². The van der Waals surface area contributed by atoms with Gasteiger partial charge in [-0.1, -0.05) is 24.3 Å². The Morgan fingerprint density at radius 3 is 2.63 bits per heavy atom. The number of ether oxygens (including phenoxy) is 2. The van der Waals surface area contributed by atoms with E-state index < -0.39 is 40.3 Å². The number of pyridine rings is 1. The van der Waals surface area contributed by atoms with Gasteiger partial charge >= 0.3 is 11.8 Å². The van der Waals surface area contributed by atoms with E-state index in [1.807, 2.05) is 18.2 Å². The van der Waals surface area contributed by atoms with Crippen molar-refractivity contribution >= 4 is 49.1 Å². The van der Waals surface area contributed by atoms with Crippen LogP contribution >= 0.6 is 0 Å². The van der Waals surface area contributed by atoms with Crippen LogP contribution in [0.3, 0.4) is 0 Å². The largest absolute Gasteiger partial charge is 0.453 e. The number of imidazole rings is 1. The highest BCUT2D eigenvalue weighted by atomic mass is 32.2. The molecule has 0 saturated heterocycles. The van der Waals surface area contributed by atoms with Gasteiger partial charge in [0.05, 0.1) is 82.9 Å². The minimum Gasteiger partial charge on any atom is -0.453 e. The van der Waals surface area contributed by atoms with Gasteiger partial charge < -0.3 is 14.8 Å². The molecule has 1 N–H and O–H groups in total. The normalized spacial score (nSPS) is 18.9. The van der Waals surface area contributed by atoms with Gasteiger partial charge in [0.15, 0.2) is 5.65 Å². The summed E-state index contributed by atoms with van der Waals surface area (Å²) in [6, 6.07) is 12.4. The van der Waals surface area contributed by atoms with E-state index in [0.717, 1.165) is 14.9 Å². The first kappa shape index (κ1) is 32.1. The Bertz CT molecular complexity index is 2760. The van der Waals surface area contributed by atoms with E-state index in [9.17, 15) is 18.0 Å². The Balaban J connectivity index is 1.47. The zero-order valence-corrected chi connectivity index (χ0v) is 29.0. The van der Waals surface area contributed by atoms with Gasteiger partial charge in [-0.25, -0.2) is 27.0 Å². The summed E-state index contributed by atoms with van der Waals surface area (Å²) in [6.07, 6.45) is 4.13. The molecule has 0 radical (unpaired) electrons. The summed E-state index contributed by atoms with van der Waals surface area (Å²) >= 11 is 0. The van der Waals surface area contributed by atoms with Crippen LogP contribution in [0.4, 0.5) is 9.18 Å². The quantitative estimate of drug-likeness (QED) is 0.283. The van der Waals surface area contributed by atoms with Crippen LogP contribution in [0.2, 0.25) is 0 Å². The topological polar surface area (TPSA) is 162 Å². The van der Waals surface area contributed by atoms with Gasteiger partial charge in [-0.15, -0.1) is 5.10 Å². The number of nitrogens with zero attached hydrogens (tertiary/aromatic N) is 8. The number of methoxy groups -OCH3 is 1. The molecule has 3 aliphatic rings. The lowest BCUT2D eigenvalue weighted by Crippen LogP contribution is -2.41. The number of benzene rings is 2. The number of aryl methyl sites for hydroxylation is 2. The number of aromatic nitrogens is 8. The molecule has 1 saturated carbocycles. The number of amides is 1. The first-order valence-electron chi connectivity index (χ1n) is 16.6. The number of carbonyl (C=O) groups is 1. The Kier molecular flexibility index (Phi) is 7.17. The van der Waals surface area contributed by atoms with Crippen LogP contribution in [0.15, 0.2) is 76.8 Å². The smallest absolute Gasteiger partial charge is 0.407 e. The number of rotatable bonds is 4. The minimum atomic E-state index is -4.45. The molecule has 266 valence electrons. The fourth-order valence-electron chi connectivity index (χ4n) is 7.90. The maximum absolute atomic E-state index is 16.0. The lowest BCUT2D eigenvalue weighted by molar-refractivity contribution is 0.0323. The van der Waals surface area contributed by atoms with Gasteiger partial charge in [0.25, 0.3) is 10.0 Å². The monoisotopic (exact) mass is 725 g/mol. The molecule has 7 heterocycles. The van der Waals surface area contributed by atoms with Crippen molar-refractivity contribution in [3.8, 4) is 22.4 Å². The second kappa shape index (κ2) is 11.6. The second-order valence-electron chi connectivity index (χ2n) is 13.1. The average Bonchev–Trinajstić information content (AvgIpc) is 3.94. The second-order valence-corrected chi connectivity index (χ2v) is 14.9. The van der Waals surface area contributed by atoms with Gasteiger partial charge in [0, 0.05) is 37.3 Å². The number of nitrogens with one attached hydrogen (secondary N) is 1. The molecule has 1 fully saturated rings. The lowest BCUT2D eigenvalue weighted by Gasteiger charge is -2.20. The van der Waals surface area contributed by atoms with Crippen molar-refractivity contribution in [3.63, 3.8) is 0 Å². The van der Waals surface area contributed by atoms with Gasteiger partial charge in [-0.05, 0) is 42.7 Å². The fraction of sp³-hybridized carbons (Fsp3) is 0.286. The number of halogens is 1. The predicted octanol–water partition coefficient (Wildman–Crippen LogP) is 3.94. The maximum Gasteiger partial charge on any atom is 0.407 e. The van der Waals surface area contributed by atoms with E-state index >= 15 is 4.39 Å². The van der Waals surface area contributed by atoms with Crippen molar-refractivity contribution in [2.45, 2.75) is 42.5 Å². The van der Waals surface area contributed by atoms with Gasteiger partial charge in [0.2, 0.25) is 5.95 Å². The number of alkyl carbamates (subject to hydrolysis) is 1. The van der Waals surface area contributed by atoms with Crippen molar-refractivity contribution in [2.75, 3.05) is 13.7 Å². The molecule has 6 bridgehead atoms. The number of hydrogen-bond acceptors (Lipinski definition) is 9. The van der Waals surface area contributed by atoms with Crippen molar-refractivity contribution in [2.24, 2.45) is 14.1 Å². The molecule has 0 spiro atoms. The molecule has 1 amide bonds. The van der Waals surface area contributed by atoms with Crippen LogP contribution in [0, 0.1) is 5.95 Å². The minimum absolute atomic E-state index is 0.000836. The van der Waals surface area contributed by atoms with Gasteiger partial charge in [-0.3, -0.25) is 18.5 Å². The molecule has 5 aromatic heterocycles. The predicted molar refractivity (Wildman–Crippen MR) is 188 cm³/mol. The van der Waals surface area contributed by atoms with Crippen LogP contribution < -0.4 is 11.0 Å². The van der Waals surface area contributed by atoms with E-state index in [1.54, 1.807) is 47.7 Å². The number of fused-ring (bicyclic) bond motifs is 3. The van der Waals surface area contributed by atoms with E-state index in [2.05, 4.69) is 15.5 Å². The zero-order valence-electron chi connectivity index (χ0n) is 28.2. The van der Waals surface area contributed by atoms with Gasteiger partial charge in [-0.2, -0.15) is 9.49 Å². The highest BCUT2D eigenvalue weighted by Crippen LogP contribution is 2.47. The van der Waals surface area contributed by atoms with E-state index in [4.69, 9.17) is 14.5 Å². The molecule has 7 aromatic rings. The Morgan fingerprint density at radius 1 is 1.08 bits per heavy atom. The molecule has 2 aliphatic heterocycles. The first-order valence-corrected chi connectivity index (χ1v) is 18.1. The van der Waals surface area contributed by atoms with Crippen LogP contribution in [0.1, 0.15) is 18.9 Å². The molecule has 0 unspecified atom stereocenters. The molecule has 1 aliphatic carbocycles. The summed E-state index contributed by atoms with van der Waals surface area (Å²) in [6.45, 7) is 0.678. The Hall–Kier alpha value is -5.81. The van der Waals surface area contributed by atoms with Gasteiger partial charge in [0.1, 0.15) is 0 Å². The fourth-order valence-corrected chi connectivity index (χ4v) is 9.41. The standard InChI is InChI=1S/C35H32FN9O6S/c1-41-18-23(32(36)40-41)30-28-19-9-10-25-20(13-19)16-38-43(25)11-12-51-27-15-21(14-24(27)39-34(46)50-3)44-31-26(42(2)35(44)47)17-37-33(29(28)31)45(30)52(48,49)22-7-5-4-6-8-22/h4-10,13,16-18,21,24,27H,11-12,14-15H2,1-3H3,(H,39,46)/t21-,24-,27+/m0/s1. The SMILES string of the molecule is COC(=O)N[C@H]1C[C@H]2C[C@H]1OCCn1ncc3cc(ccc31)-c1c(-c3cn(C)nc3F)n(S(=O)(=O)c3ccccc3)c3ncc4c(c13)n2c(=O)n4C. The van der Waals surface area contributed by atoms with Crippen molar-refractivity contribution < 1.29 is 27.1 Å². The summed E-state index contributed by atoms with van der Waals surface area (Å²) in [4.78, 5) is 31.5. The first-order chi connectivity index (χ1) is 25.1. The summed E-state index contributed by atoms with van der Waals surface area (Å²) in [5.74, 6) is -0.884. The summed E-state index contributed by atoms with van der Waals surface area (Å²) < 4.78 is 64.3. The molecule has 52 heavy (non-hydrogen) atoms. The van der Waals surface area contributed by atoms with E-state index in [1.165, 1.54) is 40.9 Å². The third kappa shape index (κ3) is 4.65. The van der Waals surface area contributed by atoms with Crippen LogP contribution in [-0.4, -0.2) is 78.0 Å². The number of hydrogen-bond donors (Lipinski definition) is 1. The molecular formula is C35H32FN9O6S. The van der Waals surface area contributed by atoms with E-state index in [-0.39, 0.29) is 34.1 Å². The highest BCUT2D eigenvalue weighted by molar-refractivity contribution is 7.90. The van der Waals surface area contributed by atoms with Crippen LogP contribution in [0.5, 0.6) is 0 Å². The summed E-state index contributed by atoms with van der Waals surface area (Å²) in [5, 5.41) is 12.5. The Labute approximate surface area is 294 Å². The molecule has 3 atom stereocenters. The van der Waals surface area contributed by atoms with Crippen molar-refractivity contribution in [1.82, 2.24) is 43.0 Å². The molecule has 2 aromatic carbocycles. The third-order valence-electron chi connectivity index (χ3n) is 10.2. The summed E-state index contributed by atoms with van der Waals surface area (Å²) in [7, 11) is 0.00324. The molecular weight excluding hydrogens is 694 g/mol. The molecule has 10 rings (SSSR count). The lowest BCUT2D eigenvalue weighted by atomic mass is 9.98. The van der Waals surface area contributed by atoms with E-state index in [0.29, 0.717) is 46.9 Å².